The standard InChI is InChI=1S/C20H20ClN3O4S/c21-13-1-2-15-14(10-13)19(26)24(20(27)23-15)16(9-12-3-6-28-7-4-12)17(25)11-18-22-5-8-29-18/h1-2,5,8,10,12,16H,3-4,6-7,9,11H2,(H,23,27). The van der Waals surface area contributed by atoms with Gasteiger partial charge in [0.2, 0.25) is 0 Å². The van der Waals surface area contributed by atoms with Crippen LogP contribution in [0.2, 0.25) is 5.02 Å². The first kappa shape index (κ1) is 20.0. The minimum absolute atomic E-state index is 0.0883. The quantitative estimate of drug-likeness (QED) is 0.645. The van der Waals surface area contributed by atoms with Crippen LogP contribution in [-0.4, -0.2) is 33.5 Å². The molecule has 0 radical (unpaired) electrons. The van der Waals surface area contributed by atoms with E-state index in [1.54, 1.807) is 23.7 Å². The van der Waals surface area contributed by atoms with Gasteiger partial charge in [0.1, 0.15) is 6.04 Å². The number of carbonyl (C=O) groups excluding carboxylic acids is 1. The molecule has 29 heavy (non-hydrogen) atoms. The van der Waals surface area contributed by atoms with Crippen molar-refractivity contribution in [3.05, 3.63) is 60.6 Å². The van der Waals surface area contributed by atoms with Gasteiger partial charge < -0.3 is 9.72 Å². The highest BCUT2D eigenvalue weighted by Gasteiger charge is 2.29. The third kappa shape index (κ3) is 4.34. The molecule has 3 heterocycles. The molecular weight excluding hydrogens is 414 g/mol. The van der Waals surface area contributed by atoms with E-state index in [0.717, 1.165) is 17.4 Å². The first-order chi connectivity index (χ1) is 14.0. The molecule has 1 aliphatic rings. The largest absolute Gasteiger partial charge is 0.381 e. The number of ether oxygens (including phenoxy) is 1. The van der Waals surface area contributed by atoms with Crippen LogP contribution in [0.25, 0.3) is 10.9 Å². The number of nitrogens with one attached hydrogen (secondary N) is 1. The van der Waals surface area contributed by atoms with Gasteiger partial charge in [0.25, 0.3) is 5.56 Å². The molecule has 3 aromatic rings. The molecule has 4 rings (SSSR count). The molecule has 7 nitrogen and oxygen atoms in total. The van der Waals surface area contributed by atoms with Gasteiger partial charge in [-0.05, 0) is 43.4 Å². The van der Waals surface area contributed by atoms with Crippen molar-refractivity contribution in [2.75, 3.05) is 13.2 Å². The van der Waals surface area contributed by atoms with Crippen LogP contribution in [0.3, 0.4) is 0 Å². The highest BCUT2D eigenvalue weighted by molar-refractivity contribution is 7.09. The number of thiazole rings is 1. The van der Waals surface area contributed by atoms with E-state index in [4.69, 9.17) is 16.3 Å². The van der Waals surface area contributed by atoms with Crippen molar-refractivity contribution in [2.45, 2.75) is 31.7 Å². The average Bonchev–Trinajstić information content (AvgIpc) is 3.21. The fourth-order valence-corrected chi connectivity index (χ4v) is 4.57. The summed E-state index contributed by atoms with van der Waals surface area (Å²) in [6.07, 6.45) is 3.74. The summed E-state index contributed by atoms with van der Waals surface area (Å²) in [5.74, 6) is 0.00998. The molecule has 0 aliphatic carbocycles. The Hall–Kier alpha value is -2.29. The molecule has 1 saturated heterocycles. The van der Waals surface area contributed by atoms with Crippen molar-refractivity contribution in [1.82, 2.24) is 14.5 Å². The lowest BCUT2D eigenvalue weighted by Gasteiger charge is -2.26. The topological polar surface area (TPSA) is 94.0 Å². The first-order valence-corrected chi connectivity index (χ1v) is 10.7. The first-order valence-electron chi connectivity index (χ1n) is 9.46. The SMILES string of the molecule is O=C(Cc1nccs1)C(CC1CCOCC1)n1c(=O)[nH]c2ccc(Cl)cc2c1=O. The van der Waals surface area contributed by atoms with Crippen LogP contribution in [0.1, 0.15) is 30.3 Å². The fraction of sp³-hybridized carbons (Fsp3) is 0.400. The van der Waals surface area contributed by atoms with Crippen LogP contribution >= 0.6 is 22.9 Å². The predicted molar refractivity (Wildman–Crippen MR) is 112 cm³/mol. The van der Waals surface area contributed by atoms with Crippen molar-refractivity contribution >= 4 is 39.6 Å². The molecule has 1 atom stereocenters. The van der Waals surface area contributed by atoms with Crippen molar-refractivity contribution in [2.24, 2.45) is 5.92 Å². The third-order valence-electron chi connectivity index (χ3n) is 5.28. The summed E-state index contributed by atoms with van der Waals surface area (Å²) in [5, 5.41) is 3.15. The molecule has 0 bridgehead atoms. The monoisotopic (exact) mass is 433 g/mol. The van der Waals surface area contributed by atoms with Gasteiger partial charge in [-0.2, -0.15) is 0 Å². The summed E-state index contributed by atoms with van der Waals surface area (Å²) in [6.45, 7) is 1.24. The van der Waals surface area contributed by atoms with E-state index in [0.29, 0.717) is 35.2 Å². The Morgan fingerprint density at radius 1 is 1.34 bits per heavy atom. The summed E-state index contributed by atoms with van der Waals surface area (Å²) in [6, 6.07) is 3.86. The lowest BCUT2D eigenvalue weighted by molar-refractivity contribution is -0.122. The molecule has 9 heteroatoms. The maximum atomic E-state index is 13.2. The number of nitrogens with zero attached hydrogens (tertiary/aromatic N) is 2. The summed E-state index contributed by atoms with van der Waals surface area (Å²) >= 11 is 7.43. The normalized spacial score (nSPS) is 16.2. The van der Waals surface area contributed by atoms with Crippen molar-refractivity contribution in [3.8, 4) is 0 Å². The smallest absolute Gasteiger partial charge is 0.329 e. The number of ketones is 1. The summed E-state index contributed by atoms with van der Waals surface area (Å²) in [4.78, 5) is 46.1. The zero-order valence-corrected chi connectivity index (χ0v) is 17.2. The molecule has 1 aromatic carbocycles. The second-order valence-corrected chi connectivity index (χ2v) is 8.59. The Kier molecular flexibility index (Phi) is 5.94. The van der Waals surface area contributed by atoms with Gasteiger partial charge in [-0.3, -0.25) is 9.59 Å². The van der Waals surface area contributed by atoms with Crippen LogP contribution in [0, 0.1) is 5.92 Å². The Balaban J connectivity index is 1.78. The number of halogens is 1. The van der Waals surface area contributed by atoms with E-state index in [-0.39, 0.29) is 23.5 Å². The van der Waals surface area contributed by atoms with Crippen molar-refractivity contribution in [3.63, 3.8) is 0 Å². The van der Waals surface area contributed by atoms with E-state index in [2.05, 4.69) is 9.97 Å². The molecule has 1 fully saturated rings. The van der Waals surface area contributed by atoms with Gasteiger partial charge in [-0.1, -0.05) is 11.6 Å². The number of hydrogen-bond acceptors (Lipinski definition) is 6. The number of aromatic nitrogens is 3. The number of aromatic amines is 1. The van der Waals surface area contributed by atoms with Gasteiger partial charge in [-0.25, -0.2) is 14.3 Å². The molecule has 0 amide bonds. The van der Waals surface area contributed by atoms with Crippen LogP contribution in [0.15, 0.2) is 39.4 Å². The molecule has 2 aromatic heterocycles. The van der Waals surface area contributed by atoms with E-state index in [1.807, 2.05) is 0 Å². The molecular formula is C20H20ClN3O4S. The van der Waals surface area contributed by atoms with Crippen LogP contribution in [-0.2, 0) is 16.0 Å². The van der Waals surface area contributed by atoms with Crippen LogP contribution in [0.5, 0.6) is 0 Å². The Morgan fingerprint density at radius 2 is 2.14 bits per heavy atom. The summed E-state index contributed by atoms with van der Waals surface area (Å²) in [5.41, 5.74) is -0.692. The molecule has 0 saturated carbocycles. The van der Waals surface area contributed by atoms with Crippen LogP contribution < -0.4 is 11.2 Å². The van der Waals surface area contributed by atoms with Crippen LogP contribution in [0.4, 0.5) is 0 Å². The second-order valence-electron chi connectivity index (χ2n) is 7.17. The number of benzene rings is 1. The van der Waals surface area contributed by atoms with E-state index in [9.17, 15) is 14.4 Å². The zero-order chi connectivity index (χ0) is 20.4. The van der Waals surface area contributed by atoms with E-state index >= 15 is 0 Å². The van der Waals surface area contributed by atoms with Gasteiger partial charge in [0, 0.05) is 29.8 Å². The van der Waals surface area contributed by atoms with Crippen molar-refractivity contribution < 1.29 is 9.53 Å². The van der Waals surface area contributed by atoms with Gasteiger partial charge in [0.15, 0.2) is 5.78 Å². The Bertz CT molecular complexity index is 1130. The summed E-state index contributed by atoms with van der Waals surface area (Å²) in [7, 11) is 0. The number of rotatable bonds is 6. The zero-order valence-electron chi connectivity index (χ0n) is 15.6. The molecule has 152 valence electrons. The maximum Gasteiger partial charge on any atom is 0.329 e. The highest BCUT2D eigenvalue weighted by Crippen LogP contribution is 2.27. The molecule has 1 unspecified atom stereocenters. The van der Waals surface area contributed by atoms with Crippen molar-refractivity contribution in [1.29, 1.82) is 0 Å². The van der Waals surface area contributed by atoms with Gasteiger partial charge in [0.05, 0.1) is 22.3 Å². The maximum absolute atomic E-state index is 13.2. The number of H-pyrrole nitrogens is 1. The fourth-order valence-electron chi connectivity index (χ4n) is 3.77. The third-order valence-corrected chi connectivity index (χ3v) is 6.30. The Morgan fingerprint density at radius 3 is 2.86 bits per heavy atom. The Labute approximate surface area is 175 Å². The highest BCUT2D eigenvalue weighted by atomic mass is 35.5. The second kappa shape index (κ2) is 8.61. The lowest BCUT2D eigenvalue weighted by atomic mass is 9.90. The average molecular weight is 434 g/mol. The number of Topliss-reactive ketones (excluding diaryl/α,β-unsaturated/α-hetero) is 1. The van der Waals surface area contributed by atoms with Gasteiger partial charge >= 0.3 is 5.69 Å². The minimum atomic E-state index is -0.860. The molecule has 1 aliphatic heterocycles. The summed E-state index contributed by atoms with van der Waals surface area (Å²) < 4.78 is 6.47. The number of carbonyl (C=O) groups is 1. The molecule has 1 N–H and O–H groups in total. The van der Waals surface area contributed by atoms with E-state index in [1.165, 1.54) is 17.4 Å². The van der Waals surface area contributed by atoms with Gasteiger partial charge in [-0.15, -0.1) is 11.3 Å². The number of hydrogen-bond donors (Lipinski definition) is 1. The molecule has 0 spiro atoms. The number of fused-ring (bicyclic) bond motifs is 1. The predicted octanol–water partition coefficient (Wildman–Crippen LogP) is 2.97. The van der Waals surface area contributed by atoms with E-state index < -0.39 is 17.3 Å². The lowest BCUT2D eigenvalue weighted by Crippen LogP contribution is -2.42. The minimum Gasteiger partial charge on any atom is -0.381 e.